The van der Waals surface area contributed by atoms with Crippen LogP contribution in [0.4, 0.5) is 0 Å². The molecule has 0 bridgehead atoms. The van der Waals surface area contributed by atoms with Crippen LogP contribution in [0.5, 0.6) is 0 Å². The highest BCUT2D eigenvalue weighted by Crippen LogP contribution is 2.29. The van der Waals surface area contributed by atoms with E-state index in [1.165, 1.54) is 32.1 Å². The van der Waals surface area contributed by atoms with E-state index in [9.17, 15) is 4.79 Å². The molecule has 1 fully saturated rings. The van der Waals surface area contributed by atoms with Gasteiger partial charge in [0.15, 0.2) is 5.82 Å². The molecule has 7 nitrogen and oxygen atoms in total. The molecule has 3 N–H and O–H groups in total. The minimum atomic E-state index is -0.143. The summed E-state index contributed by atoms with van der Waals surface area (Å²) < 4.78 is 0. The molecular formula is C22H24N6O. The Morgan fingerprint density at radius 1 is 1.14 bits per heavy atom. The molecule has 1 saturated carbocycles. The van der Waals surface area contributed by atoms with Gasteiger partial charge < -0.3 is 10.3 Å². The molecule has 3 aromatic heterocycles. The number of H-pyrrole nitrogens is 2. The molecule has 0 aliphatic heterocycles. The van der Waals surface area contributed by atoms with Gasteiger partial charge in [0.2, 0.25) is 0 Å². The van der Waals surface area contributed by atoms with Crippen molar-refractivity contribution in [2.75, 3.05) is 0 Å². The summed E-state index contributed by atoms with van der Waals surface area (Å²) in [6.45, 7) is 2.10. The van der Waals surface area contributed by atoms with Crippen molar-refractivity contribution in [3.8, 4) is 11.3 Å². The summed E-state index contributed by atoms with van der Waals surface area (Å²) in [6, 6.07) is 7.94. The lowest BCUT2D eigenvalue weighted by molar-refractivity contribution is 0.0910. The number of amides is 1. The fourth-order valence-corrected chi connectivity index (χ4v) is 4.39. The average molecular weight is 388 g/mol. The zero-order valence-corrected chi connectivity index (χ0v) is 16.4. The molecule has 3 heterocycles. The van der Waals surface area contributed by atoms with Crippen molar-refractivity contribution in [1.29, 1.82) is 0 Å². The van der Waals surface area contributed by atoms with Gasteiger partial charge in [0.25, 0.3) is 5.91 Å². The number of carbonyl (C=O) groups is 1. The van der Waals surface area contributed by atoms with E-state index < -0.39 is 0 Å². The average Bonchev–Trinajstić information content (AvgIpc) is 3.36. The zero-order chi connectivity index (χ0) is 19.8. The van der Waals surface area contributed by atoms with E-state index in [0.717, 1.165) is 33.2 Å². The first-order valence-corrected chi connectivity index (χ1v) is 10.3. The molecular weight excluding hydrogens is 364 g/mol. The third kappa shape index (κ3) is 3.37. The fraction of sp³-hybridized carbons (Fsp3) is 0.364. The lowest BCUT2D eigenvalue weighted by Gasteiger charge is -2.27. The van der Waals surface area contributed by atoms with E-state index in [0.29, 0.717) is 11.7 Å². The normalized spacial score (nSPS) is 16.3. The summed E-state index contributed by atoms with van der Waals surface area (Å²) in [7, 11) is 0. The molecule has 4 aromatic rings. The monoisotopic (exact) mass is 388 g/mol. The number of aromatic amines is 2. The number of hydrogen-bond donors (Lipinski definition) is 3. The molecule has 0 unspecified atom stereocenters. The van der Waals surface area contributed by atoms with Crippen LogP contribution in [-0.2, 0) is 0 Å². The number of rotatable bonds is 4. The molecule has 1 atom stereocenters. The highest BCUT2D eigenvalue weighted by Gasteiger charge is 2.23. The smallest absolute Gasteiger partial charge is 0.287 e. The van der Waals surface area contributed by atoms with Gasteiger partial charge in [0.05, 0.1) is 16.6 Å². The third-order valence-electron chi connectivity index (χ3n) is 6.05. The number of aromatic nitrogens is 5. The van der Waals surface area contributed by atoms with Gasteiger partial charge in [0, 0.05) is 29.4 Å². The number of nitrogens with zero attached hydrogens (tertiary/aromatic N) is 3. The van der Waals surface area contributed by atoms with Crippen LogP contribution < -0.4 is 5.32 Å². The van der Waals surface area contributed by atoms with Crippen molar-refractivity contribution in [3.05, 3.63) is 42.5 Å². The highest BCUT2D eigenvalue weighted by molar-refractivity contribution is 6.02. The van der Waals surface area contributed by atoms with Gasteiger partial charge in [0.1, 0.15) is 5.69 Å². The van der Waals surface area contributed by atoms with E-state index >= 15 is 0 Å². The molecule has 0 radical (unpaired) electrons. The Balaban J connectivity index is 1.43. The quantitative estimate of drug-likeness (QED) is 0.488. The Labute approximate surface area is 168 Å². The van der Waals surface area contributed by atoms with Crippen LogP contribution in [0.15, 0.2) is 36.7 Å². The number of carbonyl (C=O) groups excluding carboxylic acids is 1. The Morgan fingerprint density at radius 3 is 2.72 bits per heavy atom. The first-order chi connectivity index (χ1) is 14.2. The van der Waals surface area contributed by atoms with Gasteiger partial charge in [-0.15, -0.1) is 0 Å². The standard InChI is InChI=1S/C22H24N6O/c1-13(14-5-3-2-4-6-14)24-22(29)21-25-18-11-16-17(12-19(18)26-21)27-28-20(16)15-7-9-23-10-8-15/h7-14H,2-6H2,1H3,(H,24,29)(H,25,26)(H,27,28)/t13-/m1/s1. The molecule has 7 heteroatoms. The summed E-state index contributed by atoms with van der Waals surface area (Å²) in [4.78, 5) is 24.5. The summed E-state index contributed by atoms with van der Waals surface area (Å²) in [5.41, 5.74) is 4.31. The number of pyridine rings is 1. The maximum absolute atomic E-state index is 12.8. The maximum atomic E-state index is 12.8. The number of hydrogen-bond acceptors (Lipinski definition) is 4. The molecule has 29 heavy (non-hydrogen) atoms. The highest BCUT2D eigenvalue weighted by atomic mass is 16.2. The van der Waals surface area contributed by atoms with Crippen molar-refractivity contribution in [3.63, 3.8) is 0 Å². The van der Waals surface area contributed by atoms with Crippen LogP contribution in [0.1, 0.15) is 49.6 Å². The summed E-state index contributed by atoms with van der Waals surface area (Å²) in [6.07, 6.45) is 9.71. The van der Waals surface area contributed by atoms with Crippen LogP contribution in [0.3, 0.4) is 0 Å². The third-order valence-corrected chi connectivity index (χ3v) is 6.05. The fourth-order valence-electron chi connectivity index (χ4n) is 4.39. The Bertz CT molecular complexity index is 1160. The molecule has 1 aliphatic carbocycles. The minimum Gasteiger partial charge on any atom is -0.347 e. The van der Waals surface area contributed by atoms with Crippen molar-refractivity contribution < 1.29 is 4.79 Å². The van der Waals surface area contributed by atoms with Crippen LogP contribution in [0, 0.1) is 5.92 Å². The van der Waals surface area contributed by atoms with Gasteiger partial charge in [-0.1, -0.05) is 19.3 Å². The van der Waals surface area contributed by atoms with E-state index in [1.807, 2.05) is 24.3 Å². The van der Waals surface area contributed by atoms with Crippen molar-refractivity contribution in [1.82, 2.24) is 30.5 Å². The Kier molecular flexibility index (Phi) is 4.50. The molecule has 0 spiro atoms. The molecule has 5 rings (SSSR count). The van der Waals surface area contributed by atoms with Crippen LogP contribution in [0.2, 0.25) is 0 Å². The largest absolute Gasteiger partial charge is 0.347 e. The number of benzene rings is 1. The molecule has 1 aliphatic rings. The molecule has 0 saturated heterocycles. The van der Waals surface area contributed by atoms with E-state index in [1.54, 1.807) is 12.4 Å². The predicted octanol–water partition coefficient (Wildman–Crippen LogP) is 4.20. The van der Waals surface area contributed by atoms with Crippen molar-refractivity contribution in [2.24, 2.45) is 5.92 Å². The second-order valence-electron chi connectivity index (χ2n) is 7.97. The predicted molar refractivity (Wildman–Crippen MR) is 112 cm³/mol. The number of nitrogens with one attached hydrogen (secondary N) is 3. The Hall–Kier alpha value is -3.22. The zero-order valence-electron chi connectivity index (χ0n) is 16.4. The first kappa shape index (κ1) is 17.8. The lowest BCUT2D eigenvalue weighted by atomic mass is 9.84. The number of fused-ring (bicyclic) bond motifs is 2. The van der Waals surface area contributed by atoms with E-state index in [-0.39, 0.29) is 11.9 Å². The van der Waals surface area contributed by atoms with Gasteiger partial charge >= 0.3 is 0 Å². The second kappa shape index (κ2) is 7.31. The van der Waals surface area contributed by atoms with Gasteiger partial charge in [-0.05, 0) is 49.9 Å². The maximum Gasteiger partial charge on any atom is 0.287 e. The lowest BCUT2D eigenvalue weighted by Crippen LogP contribution is -2.39. The Morgan fingerprint density at radius 2 is 1.93 bits per heavy atom. The van der Waals surface area contributed by atoms with Gasteiger partial charge in [-0.25, -0.2) is 4.98 Å². The second-order valence-corrected chi connectivity index (χ2v) is 7.97. The molecule has 148 valence electrons. The SMILES string of the molecule is C[C@@H](NC(=O)c1nc2cc3c(-c4ccncc4)n[nH]c3cc2[nH]1)C1CCCCC1. The van der Waals surface area contributed by atoms with E-state index in [4.69, 9.17) is 0 Å². The number of imidazole rings is 1. The van der Waals surface area contributed by atoms with Crippen LogP contribution in [0.25, 0.3) is 33.2 Å². The van der Waals surface area contributed by atoms with Crippen LogP contribution in [-0.4, -0.2) is 37.1 Å². The molecule has 1 aromatic carbocycles. The van der Waals surface area contributed by atoms with Gasteiger partial charge in [-0.2, -0.15) is 5.10 Å². The summed E-state index contributed by atoms with van der Waals surface area (Å²) in [5.74, 6) is 0.772. The van der Waals surface area contributed by atoms with Crippen molar-refractivity contribution >= 4 is 27.8 Å². The summed E-state index contributed by atoms with van der Waals surface area (Å²) >= 11 is 0. The first-order valence-electron chi connectivity index (χ1n) is 10.3. The molecule has 1 amide bonds. The summed E-state index contributed by atoms with van der Waals surface area (Å²) in [5, 5.41) is 11.6. The van der Waals surface area contributed by atoms with Crippen LogP contribution >= 0.6 is 0 Å². The van der Waals surface area contributed by atoms with Crippen molar-refractivity contribution in [2.45, 2.75) is 45.1 Å². The van der Waals surface area contributed by atoms with E-state index in [2.05, 4.69) is 37.4 Å². The topological polar surface area (TPSA) is 99.3 Å². The van der Waals surface area contributed by atoms with Gasteiger partial charge in [-0.3, -0.25) is 14.9 Å². The minimum absolute atomic E-state index is 0.143.